The van der Waals surface area contributed by atoms with Gasteiger partial charge < -0.3 is 0 Å². The van der Waals surface area contributed by atoms with Crippen LogP contribution in [0.1, 0.15) is 25.7 Å². The molecule has 1 fully saturated rings. The number of halogens is 1. The van der Waals surface area contributed by atoms with Crippen LogP contribution < -0.4 is 10.0 Å². The maximum absolute atomic E-state index is 4.34. The van der Waals surface area contributed by atoms with Gasteiger partial charge in [-0.25, -0.2) is 9.58 Å². The predicted molar refractivity (Wildman–Crippen MR) is 71.0 cm³/mol. The summed E-state index contributed by atoms with van der Waals surface area (Å²) in [5.41, 5.74) is 4.75. The molecule has 0 aromatic carbocycles. The molecule has 0 spiro atoms. The Labute approximate surface area is 106 Å². The first-order valence-electron chi connectivity index (χ1n) is 5.95. The zero-order valence-electron chi connectivity index (χ0n) is 9.75. The van der Waals surface area contributed by atoms with Crippen molar-refractivity contribution in [2.75, 3.05) is 20.1 Å². The Hall–Kier alpha value is -0.450. The molecule has 16 heavy (non-hydrogen) atoms. The minimum Gasteiger partial charge on any atom is -0.243 e. The van der Waals surface area contributed by atoms with E-state index in [2.05, 4.69) is 32.4 Å². The molecule has 88 valence electrons. The van der Waals surface area contributed by atoms with Crippen molar-refractivity contribution in [3.8, 4) is 0 Å². The van der Waals surface area contributed by atoms with Gasteiger partial charge in [-0.15, -0.1) is 0 Å². The first-order chi connectivity index (χ1) is 7.77. The van der Waals surface area contributed by atoms with E-state index in [9.17, 15) is 0 Å². The lowest BCUT2D eigenvalue weighted by Gasteiger charge is -2.35. The van der Waals surface area contributed by atoms with Crippen LogP contribution in [-0.2, 0) is 0 Å². The molecule has 0 radical (unpaired) electrons. The molecule has 2 heterocycles. The van der Waals surface area contributed by atoms with Gasteiger partial charge in [-0.1, -0.05) is 0 Å². The number of hydrogen-bond acceptors (Lipinski definition) is 2. The average molecular weight is 285 g/mol. The first kappa shape index (κ1) is 12.0. The molecule has 2 rings (SSSR count). The summed E-state index contributed by atoms with van der Waals surface area (Å²) in [7, 11) is 2.05. The summed E-state index contributed by atoms with van der Waals surface area (Å²) >= 11 is 3.39. The molecule has 1 aromatic heterocycles. The van der Waals surface area contributed by atoms with Gasteiger partial charge in [-0.3, -0.25) is 0 Å². The lowest BCUT2D eigenvalue weighted by molar-refractivity contribution is 0.216. The highest BCUT2D eigenvalue weighted by atomic mass is 79.9. The van der Waals surface area contributed by atoms with Crippen molar-refractivity contribution < 1.29 is 0 Å². The smallest absolute Gasteiger partial charge is 0.170 e. The van der Waals surface area contributed by atoms with Crippen LogP contribution in [0.4, 0.5) is 5.69 Å². The maximum Gasteiger partial charge on any atom is 0.170 e. The van der Waals surface area contributed by atoms with E-state index in [1.807, 2.05) is 19.3 Å². The van der Waals surface area contributed by atoms with Crippen LogP contribution in [0, 0.1) is 0 Å². The van der Waals surface area contributed by atoms with Crippen molar-refractivity contribution in [3.63, 3.8) is 0 Å². The maximum atomic E-state index is 4.34. The van der Waals surface area contributed by atoms with Crippen molar-refractivity contribution >= 4 is 21.6 Å². The van der Waals surface area contributed by atoms with Gasteiger partial charge in [0.25, 0.3) is 0 Å². The molecule has 0 bridgehead atoms. The van der Waals surface area contributed by atoms with Crippen molar-refractivity contribution in [1.29, 1.82) is 0 Å². The van der Waals surface area contributed by atoms with E-state index in [1.165, 1.54) is 44.5 Å². The van der Waals surface area contributed by atoms with E-state index < -0.39 is 0 Å². The summed E-state index contributed by atoms with van der Waals surface area (Å²) in [5.74, 6) is 0. The van der Waals surface area contributed by atoms with Gasteiger partial charge in [0.1, 0.15) is 17.7 Å². The molecule has 0 atom stereocenters. The standard InChI is InChI=1S/C12H19BrN3/c1-14-16(8-4-2-3-5-9-16)11-6-7-12(13)15-10-11/h6-7,10,14H,2-5,8-9H2,1H3/q+1. The average Bonchev–Trinajstić information content (AvgIpc) is 2.56. The summed E-state index contributed by atoms with van der Waals surface area (Å²) in [4.78, 5) is 4.34. The second-order valence-corrected chi connectivity index (χ2v) is 5.20. The minimum absolute atomic E-state index is 0.875. The van der Waals surface area contributed by atoms with E-state index in [1.54, 1.807) is 0 Å². The summed E-state index contributed by atoms with van der Waals surface area (Å²) in [6.07, 6.45) is 7.26. The zero-order valence-corrected chi connectivity index (χ0v) is 11.3. The number of nitrogens with one attached hydrogen (secondary N) is 1. The van der Waals surface area contributed by atoms with Crippen LogP contribution in [-0.4, -0.2) is 25.1 Å². The molecule has 1 saturated heterocycles. The third kappa shape index (κ3) is 2.44. The van der Waals surface area contributed by atoms with Gasteiger partial charge in [-0.2, -0.15) is 5.43 Å². The summed E-state index contributed by atoms with van der Waals surface area (Å²) in [6.45, 7) is 2.33. The van der Waals surface area contributed by atoms with Gasteiger partial charge in [0, 0.05) is 13.1 Å². The van der Waals surface area contributed by atoms with Crippen LogP contribution in [0.3, 0.4) is 0 Å². The predicted octanol–water partition coefficient (Wildman–Crippen LogP) is 2.86. The molecule has 4 heteroatoms. The Morgan fingerprint density at radius 2 is 1.88 bits per heavy atom. The van der Waals surface area contributed by atoms with E-state index in [-0.39, 0.29) is 0 Å². The molecule has 0 unspecified atom stereocenters. The van der Waals surface area contributed by atoms with E-state index >= 15 is 0 Å². The van der Waals surface area contributed by atoms with Gasteiger partial charge in [0.15, 0.2) is 5.69 Å². The lowest BCUT2D eigenvalue weighted by atomic mass is 10.2. The Morgan fingerprint density at radius 3 is 2.38 bits per heavy atom. The van der Waals surface area contributed by atoms with Crippen molar-refractivity contribution in [2.45, 2.75) is 25.7 Å². The highest BCUT2D eigenvalue weighted by molar-refractivity contribution is 9.10. The second-order valence-electron chi connectivity index (χ2n) is 4.39. The zero-order chi connectivity index (χ0) is 11.4. The van der Waals surface area contributed by atoms with Crippen LogP contribution >= 0.6 is 15.9 Å². The van der Waals surface area contributed by atoms with Gasteiger partial charge in [-0.05, 0) is 47.7 Å². The normalized spacial score (nSPS) is 20.4. The fourth-order valence-electron chi connectivity index (χ4n) is 2.46. The fourth-order valence-corrected chi connectivity index (χ4v) is 2.70. The Kier molecular flexibility index (Phi) is 3.95. The van der Waals surface area contributed by atoms with Crippen molar-refractivity contribution in [2.24, 2.45) is 0 Å². The number of hydrogen-bond donors (Lipinski definition) is 1. The first-order valence-corrected chi connectivity index (χ1v) is 6.74. The number of nitrogens with zero attached hydrogens (tertiary/aromatic N) is 2. The quantitative estimate of drug-likeness (QED) is 0.667. The van der Waals surface area contributed by atoms with E-state index in [4.69, 9.17) is 0 Å². The number of rotatable bonds is 2. The number of aromatic nitrogens is 1. The van der Waals surface area contributed by atoms with Crippen LogP contribution in [0.15, 0.2) is 22.9 Å². The van der Waals surface area contributed by atoms with Gasteiger partial charge >= 0.3 is 0 Å². The van der Waals surface area contributed by atoms with E-state index in [0.717, 1.165) is 9.20 Å². The van der Waals surface area contributed by atoms with Crippen molar-refractivity contribution in [3.05, 3.63) is 22.9 Å². The molecule has 0 aliphatic carbocycles. The minimum atomic E-state index is 0.875. The molecule has 1 aliphatic rings. The molecular formula is C12H19BrN3+. The van der Waals surface area contributed by atoms with Crippen LogP contribution in [0.25, 0.3) is 0 Å². The summed E-state index contributed by atoms with van der Waals surface area (Å²) in [5, 5.41) is 0. The largest absolute Gasteiger partial charge is 0.243 e. The molecule has 1 aliphatic heterocycles. The number of quaternary nitrogens is 1. The Morgan fingerprint density at radius 1 is 1.19 bits per heavy atom. The van der Waals surface area contributed by atoms with Crippen molar-refractivity contribution in [1.82, 2.24) is 15.0 Å². The van der Waals surface area contributed by atoms with Crippen LogP contribution in [0.5, 0.6) is 0 Å². The number of pyridine rings is 1. The third-order valence-electron chi connectivity index (χ3n) is 3.46. The highest BCUT2D eigenvalue weighted by Gasteiger charge is 2.30. The third-order valence-corrected chi connectivity index (χ3v) is 3.93. The van der Waals surface area contributed by atoms with Gasteiger partial charge in [0.05, 0.1) is 6.20 Å². The molecule has 1 aromatic rings. The lowest BCUT2D eigenvalue weighted by Crippen LogP contribution is -2.58. The molecule has 1 N–H and O–H groups in total. The molecule has 0 saturated carbocycles. The van der Waals surface area contributed by atoms with E-state index in [0.29, 0.717) is 0 Å². The van der Waals surface area contributed by atoms with Gasteiger partial charge in [0.2, 0.25) is 0 Å². The van der Waals surface area contributed by atoms with Crippen LogP contribution in [0.2, 0.25) is 0 Å². The second kappa shape index (κ2) is 5.25. The molecule has 3 nitrogen and oxygen atoms in total. The highest BCUT2D eigenvalue weighted by Crippen LogP contribution is 2.25. The Balaban J connectivity index is 2.28. The molecular weight excluding hydrogens is 266 g/mol. The summed E-state index contributed by atoms with van der Waals surface area (Å²) in [6, 6.07) is 4.19. The Bertz CT molecular complexity index is 329. The summed E-state index contributed by atoms with van der Waals surface area (Å²) < 4.78 is 1.78. The monoisotopic (exact) mass is 284 g/mol. The topological polar surface area (TPSA) is 24.9 Å². The molecule has 0 amide bonds. The SMILES string of the molecule is CN[N+]1(c2ccc(Br)nc2)CCCCCC1. The fraction of sp³-hybridized carbons (Fsp3) is 0.583.